The Morgan fingerprint density at radius 3 is 2.27 bits per heavy atom. The van der Waals surface area contributed by atoms with E-state index < -0.39 is 0 Å². The van der Waals surface area contributed by atoms with Gasteiger partial charge in [-0.15, -0.1) is 0 Å². The predicted molar refractivity (Wildman–Crippen MR) is 137 cm³/mol. The highest BCUT2D eigenvalue weighted by atomic mass is 19.1. The molecule has 2 bridgehead atoms. The molecule has 0 saturated carbocycles. The van der Waals surface area contributed by atoms with Gasteiger partial charge in [-0.3, -0.25) is 9.59 Å². The Morgan fingerprint density at radius 1 is 0.811 bits per heavy atom. The highest BCUT2D eigenvalue weighted by molar-refractivity contribution is 5.80. The summed E-state index contributed by atoms with van der Waals surface area (Å²) in [7, 11) is 0. The number of rotatable bonds is 2. The molecule has 9 heteroatoms. The van der Waals surface area contributed by atoms with Crippen LogP contribution in [-0.2, 0) is 9.59 Å². The highest BCUT2D eigenvalue weighted by Crippen LogP contribution is 2.38. The second-order valence-electron chi connectivity index (χ2n) is 11.6. The van der Waals surface area contributed by atoms with E-state index in [0.29, 0.717) is 69.2 Å². The molecule has 5 heterocycles. The normalized spacial score (nSPS) is 28.8. The second kappa shape index (κ2) is 10.1. The van der Waals surface area contributed by atoms with Gasteiger partial charge in [0.1, 0.15) is 5.82 Å². The van der Waals surface area contributed by atoms with Crippen LogP contribution in [-0.4, -0.2) is 102 Å². The lowest BCUT2D eigenvalue weighted by Crippen LogP contribution is -2.62. The van der Waals surface area contributed by atoms with Crippen molar-refractivity contribution in [2.75, 3.05) is 63.8 Å². The summed E-state index contributed by atoms with van der Waals surface area (Å²) >= 11 is 0. The maximum atomic E-state index is 13.4. The molecular formula is C28H38FN5O3. The van der Waals surface area contributed by atoms with Gasteiger partial charge in [-0.2, -0.15) is 0 Å². The fourth-order valence-corrected chi connectivity index (χ4v) is 7.38. The molecule has 37 heavy (non-hydrogen) atoms. The minimum Gasteiger partial charge on any atom is -0.368 e. The van der Waals surface area contributed by atoms with Crippen LogP contribution >= 0.6 is 0 Å². The summed E-state index contributed by atoms with van der Waals surface area (Å²) in [5.41, 5.74) is 0.991. The van der Waals surface area contributed by atoms with E-state index in [1.807, 2.05) is 14.7 Å². The number of likely N-dealkylation sites (tertiary alicyclic amines) is 2. The SMILES string of the molecule is O=C(C1CCN(C(=O)N2C[C@@H]3C[C@H](C2)[C@H]2CCCC(=O)N2C3)CC1)N1CCN(c2ccc(F)cc2)CC1. The van der Waals surface area contributed by atoms with Crippen LogP contribution in [0.15, 0.2) is 24.3 Å². The smallest absolute Gasteiger partial charge is 0.320 e. The van der Waals surface area contributed by atoms with Gasteiger partial charge >= 0.3 is 6.03 Å². The third-order valence-corrected chi connectivity index (χ3v) is 9.35. The Hall–Kier alpha value is -2.84. The molecule has 0 spiro atoms. The number of hydrogen-bond acceptors (Lipinski definition) is 4. The lowest BCUT2D eigenvalue weighted by atomic mass is 9.76. The number of halogens is 1. The zero-order chi connectivity index (χ0) is 25.5. The van der Waals surface area contributed by atoms with Gasteiger partial charge in [0.2, 0.25) is 11.8 Å². The molecule has 8 nitrogen and oxygen atoms in total. The minimum absolute atomic E-state index is 0.0241. The fraction of sp³-hybridized carbons (Fsp3) is 0.679. The molecule has 0 unspecified atom stereocenters. The molecule has 1 aromatic carbocycles. The number of benzene rings is 1. The quantitative estimate of drug-likeness (QED) is 0.612. The largest absolute Gasteiger partial charge is 0.368 e. The van der Waals surface area contributed by atoms with Crippen LogP contribution in [0, 0.1) is 23.6 Å². The van der Waals surface area contributed by atoms with E-state index in [0.717, 1.165) is 57.7 Å². The first-order chi connectivity index (χ1) is 18.0. The number of fused-ring (bicyclic) bond motifs is 4. The van der Waals surface area contributed by atoms with E-state index in [2.05, 4.69) is 9.80 Å². The molecule has 3 atom stereocenters. The van der Waals surface area contributed by atoms with Crippen LogP contribution in [0.25, 0.3) is 0 Å². The van der Waals surface area contributed by atoms with E-state index in [9.17, 15) is 18.8 Å². The molecule has 0 radical (unpaired) electrons. The van der Waals surface area contributed by atoms with Crippen LogP contribution in [0.5, 0.6) is 0 Å². The van der Waals surface area contributed by atoms with Crippen molar-refractivity contribution in [3.8, 4) is 0 Å². The first-order valence-electron chi connectivity index (χ1n) is 14.1. The van der Waals surface area contributed by atoms with Crippen LogP contribution in [0.3, 0.4) is 0 Å². The molecule has 5 aliphatic heterocycles. The Labute approximate surface area is 218 Å². The zero-order valence-corrected chi connectivity index (χ0v) is 21.6. The van der Waals surface area contributed by atoms with Crippen LogP contribution in [0.1, 0.15) is 38.5 Å². The van der Waals surface area contributed by atoms with Crippen molar-refractivity contribution in [3.05, 3.63) is 30.1 Å². The van der Waals surface area contributed by atoms with E-state index in [-0.39, 0.29) is 23.7 Å². The Balaban J connectivity index is 0.984. The van der Waals surface area contributed by atoms with E-state index in [1.165, 1.54) is 12.1 Å². The molecule has 200 valence electrons. The van der Waals surface area contributed by atoms with Gasteiger partial charge in [0.05, 0.1) is 0 Å². The highest BCUT2D eigenvalue weighted by Gasteiger charge is 2.45. The van der Waals surface area contributed by atoms with Crippen molar-refractivity contribution in [2.24, 2.45) is 17.8 Å². The first kappa shape index (κ1) is 24.5. The number of amides is 4. The van der Waals surface area contributed by atoms with Gasteiger partial charge in [-0.1, -0.05) is 0 Å². The number of piperazine rings is 1. The Morgan fingerprint density at radius 2 is 1.54 bits per heavy atom. The van der Waals surface area contributed by atoms with Crippen LogP contribution in [0.4, 0.5) is 14.9 Å². The van der Waals surface area contributed by atoms with Crippen molar-refractivity contribution >= 4 is 23.5 Å². The third kappa shape index (κ3) is 4.89. The summed E-state index contributed by atoms with van der Waals surface area (Å²) in [6, 6.07) is 6.96. The van der Waals surface area contributed by atoms with E-state index in [1.54, 1.807) is 12.1 Å². The van der Waals surface area contributed by atoms with Gasteiger partial charge in [-0.25, -0.2) is 9.18 Å². The summed E-state index contributed by atoms with van der Waals surface area (Å²) in [6.07, 6.45) is 5.27. The van der Waals surface area contributed by atoms with Gasteiger partial charge in [0.15, 0.2) is 0 Å². The molecule has 6 rings (SSSR count). The number of urea groups is 1. The van der Waals surface area contributed by atoms with Gasteiger partial charge in [0.25, 0.3) is 0 Å². The summed E-state index contributed by atoms with van der Waals surface area (Å²) in [5.74, 6) is 1.03. The number of nitrogens with zero attached hydrogens (tertiary/aromatic N) is 5. The van der Waals surface area contributed by atoms with Crippen molar-refractivity contribution < 1.29 is 18.8 Å². The van der Waals surface area contributed by atoms with Gasteiger partial charge in [-0.05, 0) is 68.2 Å². The van der Waals surface area contributed by atoms with Gasteiger partial charge in [0, 0.05) is 83.0 Å². The number of carbonyl (C=O) groups is 3. The summed E-state index contributed by atoms with van der Waals surface area (Å²) < 4.78 is 13.2. The summed E-state index contributed by atoms with van der Waals surface area (Å²) in [6.45, 7) is 6.39. The molecule has 0 aromatic heterocycles. The van der Waals surface area contributed by atoms with E-state index >= 15 is 0 Å². The summed E-state index contributed by atoms with van der Waals surface area (Å²) in [5, 5.41) is 0. The molecule has 5 saturated heterocycles. The van der Waals surface area contributed by atoms with Crippen molar-refractivity contribution in [2.45, 2.75) is 44.6 Å². The van der Waals surface area contributed by atoms with Crippen molar-refractivity contribution in [1.29, 1.82) is 0 Å². The number of piperidine rings is 4. The van der Waals surface area contributed by atoms with Crippen LogP contribution in [0.2, 0.25) is 0 Å². The monoisotopic (exact) mass is 511 g/mol. The lowest BCUT2D eigenvalue weighted by molar-refractivity contribution is -0.144. The average molecular weight is 512 g/mol. The first-order valence-corrected chi connectivity index (χ1v) is 14.1. The van der Waals surface area contributed by atoms with Crippen LogP contribution < -0.4 is 4.90 Å². The number of carbonyl (C=O) groups excluding carboxylic acids is 3. The topological polar surface area (TPSA) is 67.4 Å². The lowest BCUT2D eigenvalue weighted by Gasteiger charge is -2.53. The molecule has 0 aliphatic carbocycles. The molecule has 4 amide bonds. The second-order valence-corrected chi connectivity index (χ2v) is 11.6. The van der Waals surface area contributed by atoms with Gasteiger partial charge < -0.3 is 24.5 Å². The van der Waals surface area contributed by atoms with E-state index in [4.69, 9.17) is 0 Å². The molecule has 5 fully saturated rings. The maximum absolute atomic E-state index is 13.4. The average Bonchev–Trinajstić information content (AvgIpc) is 2.93. The number of anilines is 1. The zero-order valence-electron chi connectivity index (χ0n) is 21.6. The van der Waals surface area contributed by atoms with Crippen molar-refractivity contribution in [1.82, 2.24) is 19.6 Å². The predicted octanol–water partition coefficient (Wildman–Crippen LogP) is 2.64. The molecule has 5 aliphatic rings. The molecule has 1 aromatic rings. The maximum Gasteiger partial charge on any atom is 0.320 e. The Kier molecular flexibility index (Phi) is 6.71. The third-order valence-electron chi connectivity index (χ3n) is 9.35. The molecular weight excluding hydrogens is 473 g/mol. The standard InChI is InChI=1S/C28H38FN5O3/c29-23-4-6-24(7-5-23)30-12-14-31(15-13-30)27(36)21-8-10-32(11-9-21)28(37)33-17-20-16-22(19-33)25-2-1-3-26(35)34(25)18-20/h4-7,20-22,25H,1-3,8-19H2/t20-,22+,25+/m0/s1. The number of hydrogen-bond donors (Lipinski definition) is 0. The summed E-state index contributed by atoms with van der Waals surface area (Å²) in [4.78, 5) is 49.3. The fourth-order valence-electron chi connectivity index (χ4n) is 7.38. The minimum atomic E-state index is -0.238. The molecule has 0 N–H and O–H groups in total. The van der Waals surface area contributed by atoms with Crippen molar-refractivity contribution in [3.63, 3.8) is 0 Å². The Bertz CT molecular complexity index is 1020.